The number of aryl methyl sites for hydroxylation is 1. The van der Waals surface area contributed by atoms with Crippen LogP contribution in [0.25, 0.3) is 0 Å². The van der Waals surface area contributed by atoms with E-state index in [1.165, 1.54) is 4.31 Å². The van der Waals surface area contributed by atoms with Crippen molar-refractivity contribution in [1.29, 1.82) is 0 Å². The summed E-state index contributed by atoms with van der Waals surface area (Å²) in [5.41, 5.74) is 1.12. The highest BCUT2D eigenvalue weighted by atomic mass is 35.5. The molecule has 0 spiro atoms. The average Bonchev–Trinajstić information content (AvgIpc) is 2.84. The van der Waals surface area contributed by atoms with Gasteiger partial charge >= 0.3 is 0 Å². The third kappa shape index (κ3) is 4.16. The van der Waals surface area contributed by atoms with Gasteiger partial charge in [0.15, 0.2) is 0 Å². The van der Waals surface area contributed by atoms with Crippen molar-refractivity contribution in [1.82, 2.24) is 14.1 Å². The summed E-state index contributed by atoms with van der Waals surface area (Å²) in [4.78, 5) is 0.286. The number of ether oxygens (including phenoxy) is 1. The fourth-order valence-corrected chi connectivity index (χ4v) is 4.79. The molecule has 0 radical (unpaired) electrons. The van der Waals surface area contributed by atoms with Gasteiger partial charge in [-0.25, -0.2) is 8.42 Å². The molecule has 8 heteroatoms. The molecule has 0 bridgehead atoms. The van der Waals surface area contributed by atoms with Crippen LogP contribution in [-0.4, -0.2) is 42.2 Å². The van der Waals surface area contributed by atoms with Crippen molar-refractivity contribution in [3.05, 3.63) is 40.7 Å². The van der Waals surface area contributed by atoms with Gasteiger partial charge in [0.25, 0.3) is 0 Å². The molecule has 0 N–H and O–H groups in total. The maximum absolute atomic E-state index is 12.8. The molecule has 0 unspecified atom stereocenters. The van der Waals surface area contributed by atoms with Crippen molar-refractivity contribution in [2.45, 2.75) is 39.1 Å². The Hall–Kier alpha value is -1.57. The van der Waals surface area contributed by atoms with Crippen molar-refractivity contribution < 1.29 is 13.2 Å². The highest BCUT2D eigenvalue weighted by Crippen LogP contribution is 2.25. The fraction of sp³-hybridized carbons (Fsp3) is 0.471. The fourth-order valence-electron chi connectivity index (χ4n) is 2.77. The van der Waals surface area contributed by atoms with Gasteiger partial charge in [0.2, 0.25) is 10.0 Å². The normalized spacial score (nSPS) is 11.9. The van der Waals surface area contributed by atoms with Gasteiger partial charge in [-0.3, -0.25) is 4.68 Å². The number of hydrogen-bond acceptors (Lipinski definition) is 4. The Bertz CT molecular complexity index is 830. The summed E-state index contributed by atoms with van der Waals surface area (Å²) in [5.74, 6) is 0.599. The summed E-state index contributed by atoms with van der Waals surface area (Å²) < 4.78 is 34.4. The van der Waals surface area contributed by atoms with Gasteiger partial charge in [-0.05, 0) is 26.0 Å². The smallest absolute Gasteiger partial charge is 0.246 e. The summed E-state index contributed by atoms with van der Waals surface area (Å²) in [5, 5.41) is 4.92. The molecule has 2 aromatic rings. The van der Waals surface area contributed by atoms with Crippen LogP contribution in [0.4, 0.5) is 0 Å². The van der Waals surface area contributed by atoms with Crippen LogP contribution in [0.3, 0.4) is 0 Å². The average molecular weight is 386 g/mol. The first-order chi connectivity index (χ1) is 11.8. The van der Waals surface area contributed by atoms with Crippen LogP contribution in [0.15, 0.2) is 29.2 Å². The summed E-state index contributed by atoms with van der Waals surface area (Å²) in [6.07, 6.45) is 0. The molecule has 1 aromatic heterocycles. The zero-order valence-corrected chi connectivity index (χ0v) is 16.6. The van der Waals surface area contributed by atoms with Gasteiger partial charge < -0.3 is 4.74 Å². The van der Waals surface area contributed by atoms with E-state index in [9.17, 15) is 8.42 Å². The number of aromatic nitrogens is 2. The second-order valence-corrected chi connectivity index (χ2v) is 7.87. The highest BCUT2D eigenvalue weighted by molar-refractivity contribution is 7.89. The van der Waals surface area contributed by atoms with Gasteiger partial charge in [0.05, 0.1) is 23.0 Å². The molecule has 138 valence electrons. The Morgan fingerprint density at radius 3 is 2.44 bits per heavy atom. The lowest BCUT2D eigenvalue weighted by atomic mass is 10.3. The van der Waals surface area contributed by atoms with Crippen LogP contribution in [0.2, 0.25) is 5.02 Å². The number of rotatable bonds is 8. The van der Waals surface area contributed by atoms with Gasteiger partial charge in [0.1, 0.15) is 17.3 Å². The van der Waals surface area contributed by atoms with E-state index in [1.54, 1.807) is 30.7 Å². The zero-order valence-electron chi connectivity index (χ0n) is 15.0. The van der Waals surface area contributed by atoms with E-state index >= 15 is 0 Å². The number of sulfonamides is 1. The molecular formula is C17H24ClN3O3S. The Kier molecular flexibility index (Phi) is 6.48. The Morgan fingerprint density at radius 1 is 1.20 bits per heavy atom. The SMILES string of the molecule is CCN(CC)S(=O)(=O)c1c(C)nn(CCOc2ccccc2Cl)c1C. The maximum Gasteiger partial charge on any atom is 0.246 e. The van der Waals surface area contributed by atoms with Crippen molar-refractivity contribution >= 4 is 21.6 Å². The molecule has 0 atom stereocenters. The molecule has 0 aliphatic heterocycles. The molecule has 0 amide bonds. The highest BCUT2D eigenvalue weighted by Gasteiger charge is 2.29. The minimum absolute atomic E-state index is 0.286. The summed E-state index contributed by atoms with van der Waals surface area (Å²) in [6, 6.07) is 7.23. The lowest BCUT2D eigenvalue weighted by Gasteiger charge is -2.18. The van der Waals surface area contributed by atoms with Crippen LogP contribution < -0.4 is 4.74 Å². The summed E-state index contributed by atoms with van der Waals surface area (Å²) in [7, 11) is -3.54. The van der Waals surface area contributed by atoms with Crippen molar-refractivity contribution in [3.8, 4) is 5.75 Å². The van der Waals surface area contributed by atoms with Crippen LogP contribution in [0.1, 0.15) is 25.2 Å². The van der Waals surface area contributed by atoms with Crippen LogP contribution in [0.5, 0.6) is 5.75 Å². The molecule has 6 nitrogen and oxygen atoms in total. The van der Waals surface area contributed by atoms with E-state index in [0.29, 0.717) is 48.4 Å². The third-order valence-electron chi connectivity index (χ3n) is 4.02. The van der Waals surface area contributed by atoms with E-state index in [-0.39, 0.29) is 4.90 Å². The van der Waals surface area contributed by atoms with Crippen molar-refractivity contribution in [2.75, 3.05) is 19.7 Å². The van der Waals surface area contributed by atoms with Gasteiger partial charge in [-0.15, -0.1) is 0 Å². The Balaban J connectivity index is 2.18. The molecule has 0 fully saturated rings. The molecule has 25 heavy (non-hydrogen) atoms. The van der Waals surface area contributed by atoms with Crippen LogP contribution in [0, 0.1) is 13.8 Å². The van der Waals surface area contributed by atoms with E-state index in [4.69, 9.17) is 16.3 Å². The second kappa shape index (κ2) is 8.21. The first-order valence-electron chi connectivity index (χ1n) is 8.24. The second-order valence-electron chi connectivity index (χ2n) is 5.59. The number of para-hydroxylation sites is 1. The maximum atomic E-state index is 12.8. The first-order valence-corrected chi connectivity index (χ1v) is 10.1. The predicted molar refractivity (Wildman–Crippen MR) is 98.8 cm³/mol. The minimum atomic E-state index is -3.54. The molecular weight excluding hydrogens is 362 g/mol. The molecule has 0 aliphatic carbocycles. The van der Waals surface area contributed by atoms with Gasteiger partial charge in [-0.1, -0.05) is 37.6 Å². The van der Waals surface area contributed by atoms with Crippen molar-refractivity contribution in [3.63, 3.8) is 0 Å². The third-order valence-corrected chi connectivity index (χ3v) is 6.63. The molecule has 0 aliphatic rings. The first kappa shape index (κ1) is 19.8. The minimum Gasteiger partial charge on any atom is -0.490 e. The number of nitrogens with zero attached hydrogens (tertiary/aromatic N) is 3. The van der Waals surface area contributed by atoms with E-state index in [1.807, 2.05) is 26.0 Å². The monoisotopic (exact) mass is 385 g/mol. The van der Waals surface area contributed by atoms with Crippen LogP contribution in [-0.2, 0) is 16.6 Å². The van der Waals surface area contributed by atoms with E-state index < -0.39 is 10.0 Å². The number of hydrogen-bond donors (Lipinski definition) is 0. The van der Waals surface area contributed by atoms with Crippen LogP contribution >= 0.6 is 11.6 Å². The quantitative estimate of drug-likeness (QED) is 0.699. The topological polar surface area (TPSA) is 64.4 Å². The lowest BCUT2D eigenvalue weighted by Crippen LogP contribution is -2.31. The summed E-state index contributed by atoms with van der Waals surface area (Å²) in [6.45, 7) is 8.78. The number of halogens is 1. The predicted octanol–water partition coefficient (Wildman–Crippen LogP) is 3.26. The van der Waals surface area contributed by atoms with Gasteiger partial charge in [-0.2, -0.15) is 9.40 Å². The summed E-state index contributed by atoms with van der Waals surface area (Å²) >= 11 is 6.06. The molecule has 1 heterocycles. The van der Waals surface area contributed by atoms with Crippen molar-refractivity contribution in [2.24, 2.45) is 0 Å². The van der Waals surface area contributed by atoms with Gasteiger partial charge in [0, 0.05) is 13.1 Å². The molecule has 1 aromatic carbocycles. The van der Waals surface area contributed by atoms with E-state index in [0.717, 1.165) is 0 Å². The number of benzene rings is 1. The molecule has 0 saturated heterocycles. The molecule has 2 rings (SSSR count). The largest absolute Gasteiger partial charge is 0.490 e. The zero-order chi connectivity index (χ0) is 18.6. The standard InChI is InChI=1S/C17H24ClN3O3S/c1-5-20(6-2)25(22,23)17-13(3)19-21(14(17)4)11-12-24-16-10-8-7-9-15(16)18/h7-10H,5-6,11-12H2,1-4H3. The molecule has 0 saturated carbocycles. The van der Waals surface area contributed by atoms with E-state index in [2.05, 4.69) is 5.10 Å². The Morgan fingerprint density at radius 2 is 1.84 bits per heavy atom. The lowest BCUT2D eigenvalue weighted by molar-refractivity contribution is 0.289. The Labute approximate surface area is 154 Å².